The Bertz CT molecular complexity index is 1350. The van der Waals surface area contributed by atoms with Gasteiger partial charge in [-0.15, -0.1) is 0 Å². The zero-order valence-electron chi connectivity index (χ0n) is 24.7. The van der Waals surface area contributed by atoms with E-state index >= 15 is 0 Å². The van der Waals surface area contributed by atoms with Gasteiger partial charge in [0.2, 0.25) is 13.6 Å². The van der Waals surface area contributed by atoms with Crippen LogP contribution in [0, 0.1) is 0 Å². The Balaban J connectivity index is 0.000000929. The number of hydrogen-bond donors (Lipinski definition) is 0. The topological polar surface area (TPSA) is 77.5 Å². The number of fused-ring (bicyclic) bond motifs is 3. The molecule has 0 aromatic heterocycles. The second-order valence-corrected chi connectivity index (χ2v) is 9.68. The molecule has 41 heavy (non-hydrogen) atoms. The van der Waals surface area contributed by atoms with Crippen LogP contribution in [0.4, 0.5) is 5.69 Å². The summed E-state index contributed by atoms with van der Waals surface area (Å²) in [5.41, 5.74) is 2.92. The third-order valence-electron chi connectivity index (χ3n) is 7.69. The molecule has 1 fully saturated rings. The average molecular weight is 561 g/mol. The highest BCUT2D eigenvalue weighted by atomic mass is 16.7. The van der Waals surface area contributed by atoms with Gasteiger partial charge in [0.15, 0.2) is 17.3 Å². The molecule has 0 atom stereocenters. The van der Waals surface area contributed by atoms with Crippen LogP contribution < -0.4 is 14.4 Å². The number of likely N-dealkylation sites (tertiary alicyclic amines) is 1. The monoisotopic (exact) mass is 560 g/mol. The normalized spacial score (nSPS) is 17.9. The predicted octanol–water partition coefficient (Wildman–Crippen LogP) is 6.34. The SMILES string of the molecule is C=C/C(=C\C1=C(C)OCO1)C(=O)N1CCC2(CC1)CN(C(=O)c1ccc3c(c1)OCO3)c1ccccc12.CC.CC. The van der Waals surface area contributed by atoms with Crippen LogP contribution in [-0.2, 0) is 19.7 Å². The number of benzene rings is 2. The van der Waals surface area contributed by atoms with Gasteiger partial charge >= 0.3 is 0 Å². The van der Waals surface area contributed by atoms with E-state index < -0.39 is 0 Å². The van der Waals surface area contributed by atoms with Crippen LogP contribution in [0.25, 0.3) is 0 Å². The molecule has 0 N–H and O–H groups in total. The first-order chi connectivity index (χ1) is 20.0. The lowest BCUT2D eigenvalue weighted by Gasteiger charge is -2.40. The van der Waals surface area contributed by atoms with Gasteiger partial charge in [0.05, 0.1) is 0 Å². The molecule has 0 saturated carbocycles. The molecule has 1 saturated heterocycles. The van der Waals surface area contributed by atoms with Gasteiger partial charge in [0.1, 0.15) is 5.76 Å². The Morgan fingerprint density at radius 2 is 1.59 bits per heavy atom. The third-order valence-corrected chi connectivity index (χ3v) is 7.69. The van der Waals surface area contributed by atoms with E-state index in [1.807, 2.05) is 62.6 Å². The first-order valence-electron chi connectivity index (χ1n) is 14.4. The van der Waals surface area contributed by atoms with Crippen LogP contribution in [-0.4, -0.2) is 49.9 Å². The van der Waals surface area contributed by atoms with E-state index in [9.17, 15) is 9.59 Å². The summed E-state index contributed by atoms with van der Waals surface area (Å²) in [6.07, 6.45) is 4.77. The second kappa shape index (κ2) is 13.0. The Morgan fingerprint density at radius 3 is 2.27 bits per heavy atom. The molecular weight excluding hydrogens is 520 g/mol. The van der Waals surface area contributed by atoms with Crippen LogP contribution in [0.5, 0.6) is 11.5 Å². The highest BCUT2D eigenvalue weighted by molar-refractivity contribution is 6.08. The largest absolute Gasteiger partial charge is 0.458 e. The molecule has 0 radical (unpaired) electrons. The first kappa shape index (κ1) is 29.8. The summed E-state index contributed by atoms with van der Waals surface area (Å²) in [6, 6.07) is 13.4. The van der Waals surface area contributed by atoms with Crippen molar-refractivity contribution in [3.05, 3.63) is 89.4 Å². The summed E-state index contributed by atoms with van der Waals surface area (Å²) >= 11 is 0. The van der Waals surface area contributed by atoms with Gasteiger partial charge in [-0.2, -0.15) is 0 Å². The zero-order chi connectivity index (χ0) is 29.6. The fourth-order valence-corrected chi connectivity index (χ4v) is 5.59. The number of amides is 2. The highest BCUT2D eigenvalue weighted by Gasteiger charge is 2.47. The fraction of sp³-hybridized carbons (Fsp3) is 0.394. The molecule has 0 aliphatic carbocycles. The van der Waals surface area contributed by atoms with E-state index in [2.05, 4.69) is 12.6 Å². The number of ether oxygens (including phenoxy) is 4. The lowest BCUT2D eigenvalue weighted by atomic mass is 9.74. The highest BCUT2D eigenvalue weighted by Crippen LogP contribution is 2.48. The number of hydrogen-bond acceptors (Lipinski definition) is 6. The lowest BCUT2D eigenvalue weighted by Crippen LogP contribution is -2.48. The second-order valence-electron chi connectivity index (χ2n) is 9.68. The third kappa shape index (κ3) is 5.69. The smallest absolute Gasteiger partial charge is 0.258 e. The Kier molecular flexibility index (Phi) is 9.42. The quantitative estimate of drug-likeness (QED) is 0.321. The van der Waals surface area contributed by atoms with Gasteiger partial charge in [-0.25, -0.2) is 0 Å². The molecule has 2 aromatic carbocycles. The maximum Gasteiger partial charge on any atom is 0.258 e. The summed E-state index contributed by atoms with van der Waals surface area (Å²) in [5.74, 6) is 2.30. The van der Waals surface area contributed by atoms with E-state index in [0.29, 0.717) is 53.8 Å². The molecule has 2 amide bonds. The van der Waals surface area contributed by atoms with Gasteiger partial charge < -0.3 is 28.7 Å². The molecule has 4 aliphatic rings. The molecule has 1 spiro atoms. The number of para-hydroxylation sites is 1. The first-order valence-corrected chi connectivity index (χ1v) is 14.4. The van der Waals surface area contributed by atoms with Crippen molar-refractivity contribution in [2.75, 3.05) is 38.1 Å². The Labute approximate surface area is 242 Å². The maximum atomic E-state index is 13.6. The van der Waals surface area contributed by atoms with Crippen molar-refractivity contribution in [2.24, 2.45) is 0 Å². The standard InChI is InChI=1S/C29H28N2O6.2C2H6/c1-3-20(14-25-19(2)34-17-36-25)27(32)30-12-10-29(11-13-30)16-31(23-7-5-4-6-22(23)29)28(33)21-8-9-24-26(15-21)37-18-35-24;2*1-2/h3-9,14-15H,1,10-13,16-18H2,2H3;2*1-2H3/b20-14+;;. The van der Waals surface area contributed by atoms with E-state index in [4.69, 9.17) is 18.9 Å². The Morgan fingerprint density at radius 1 is 0.902 bits per heavy atom. The van der Waals surface area contributed by atoms with Crippen LogP contribution in [0.2, 0.25) is 0 Å². The van der Waals surface area contributed by atoms with Gasteiger partial charge in [0, 0.05) is 41.9 Å². The lowest BCUT2D eigenvalue weighted by molar-refractivity contribution is -0.128. The van der Waals surface area contributed by atoms with Crippen molar-refractivity contribution in [2.45, 2.75) is 52.9 Å². The van der Waals surface area contributed by atoms with Crippen molar-refractivity contribution < 1.29 is 28.5 Å². The van der Waals surface area contributed by atoms with Gasteiger partial charge in [-0.1, -0.05) is 58.5 Å². The number of nitrogens with zero attached hydrogens (tertiary/aromatic N) is 2. The van der Waals surface area contributed by atoms with Crippen molar-refractivity contribution >= 4 is 17.5 Å². The van der Waals surface area contributed by atoms with Gasteiger partial charge in [0.25, 0.3) is 11.8 Å². The molecule has 8 heteroatoms. The van der Waals surface area contributed by atoms with Crippen molar-refractivity contribution in [3.63, 3.8) is 0 Å². The van der Waals surface area contributed by atoms with Crippen LogP contribution in [0.15, 0.2) is 78.3 Å². The molecule has 4 heterocycles. The summed E-state index contributed by atoms with van der Waals surface area (Å²) in [6.45, 7) is 15.7. The predicted molar refractivity (Wildman–Crippen MR) is 159 cm³/mol. The molecule has 0 unspecified atom stereocenters. The number of piperidine rings is 1. The maximum absolute atomic E-state index is 13.6. The number of rotatable bonds is 4. The molecule has 4 aliphatic heterocycles. The number of anilines is 1. The van der Waals surface area contributed by atoms with E-state index in [1.54, 1.807) is 30.4 Å². The molecule has 6 rings (SSSR count). The summed E-state index contributed by atoms with van der Waals surface area (Å²) in [5, 5.41) is 0. The fourth-order valence-electron chi connectivity index (χ4n) is 5.59. The number of carbonyl (C=O) groups is 2. The van der Waals surface area contributed by atoms with Gasteiger partial charge in [-0.3, -0.25) is 9.59 Å². The van der Waals surface area contributed by atoms with Gasteiger partial charge in [-0.05, 0) is 55.7 Å². The molecule has 2 aromatic rings. The van der Waals surface area contributed by atoms with E-state index in [0.717, 1.165) is 24.1 Å². The summed E-state index contributed by atoms with van der Waals surface area (Å²) in [7, 11) is 0. The van der Waals surface area contributed by atoms with Crippen molar-refractivity contribution in [3.8, 4) is 11.5 Å². The number of carbonyl (C=O) groups excluding carboxylic acids is 2. The van der Waals surface area contributed by atoms with Crippen LogP contribution in [0.1, 0.15) is 63.4 Å². The minimum Gasteiger partial charge on any atom is -0.458 e. The number of allylic oxidation sites excluding steroid dienone is 2. The molecule has 0 bridgehead atoms. The minimum absolute atomic E-state index is 0.0690. The van der Waals surface area contributed by atoms with Crippen molar-refractivity contribution in [1.29, 1.82) is 0 Å². The minimum atomic E-state index is -0.209. The summed E-state index contributed by atoms with van der Waals surface area (Å²) < 4.78 is 21.7. The average Bonchev–Trinajstić information content (AvgIpc) is 3.75. The summed E-state index contributed by atoms with van der Waals surface area (Å²) in [4.78, 5) is 30.7. The van der Waals surface area contributed by atoms with Crippen LogP contribution >= 0.6 is 0 Å². The van der Waals surface area contributed by atoms with E-state index in [-0.39, 0.29) is 30.8 Å². The van der Waals surface area contributed by atoms with Crippen molar-refractivity contribution in [1.82, 2.24) is 4.90 Å². The molecule has 218 valence electrons. The molecule has 8 nitrogen and oxygen atoms in total. The van der Waals surface area contributed by atoms with Crippen LogP contribution in [0.3, 0.4) is 0 Å². The molecular formula is C33H40N2O6. The zero-order valence-corrected chi connectivity index (χ0v) is 24.7. The Hall–Kier alpha value is -4.20. The van der Waals surface area contributed by atoms with E-state index in [1.165, 1.54) is 0 Å².